The summed E-state index contributed by atoms with van der Waals surface area (Å²) in [7, 11) is 1.64. The van der Waals surface area contributed by atoms with E-state index >= 15 is 0 Å². The van der Waals surface area contributed by atoms with Crippen molar-refractivity contribution >= 4 is 11.7 Å². The van der Waals surface area contributed by atoms with E-state index in [0.717, 1.165) is 36.3 Å². The third-order valence-corrected chi connectivity index (χ3v) is 3.60. The molecule has 1 aliphatic carbocycles. The molecule has 0 spiro atoms. The van der Waals surface area contributed by atoms with Crippen LogP contribution in [0.5, 0.6) is 0 Å². The number of hydrogen-bond acceptors (Lipinski definition) is 5. The number of urea groups is 1. The minimum absolute atomic E-state index is 0.225. The number of ether oxygens (including phenoxy) is 1. The van der Waals surface area contributed by atoms with E-state index in [-0.39, 0.29) is 6.03 Å². The highest BCUT2D eigenvalue weighted by Gasteiger charge is 2.28. The first-order valence-corrected chi connectivity index (χ1v) is 7.70. The number of nitrogens with zero attached hydrogens (tertiary/aromatic N) is 4. The molecule has 2 aromatic rings. The van der Waals surface area contributed by atoms with Crippen molar-refractivity contribution in [1.82, 2.24) is 25.5 Å². The number of nitrogens with one attached hydrogen (secondary N) is 2. The molecule has 0 aliphatic heterocycles. The lowest BCUT2D eigenvalue weighted by molar-refractivity contribution is 0.194. The average Bonchev–Trinajstić information content (AvgIpc) is 3.29. The molecule has 1 aromatic heterocycles. The molecule has 1 saturated carbocycles. The van der Waals surface area contributed by atoms with Crippen molar-refractivity contribution in [2.45, 2.75) is 25.3 Å². The van der Waals surface area contributed by atoms with Crippen molar-refractivity contribution in [2.75, 3.05) is 25.6 Å². The van der Waals surface area contributed by atoms with Gasteiger partial charge in [0.2, 0.25) is 0 Å². The Hall–Kier alpha value is -2.48. The van der Waals surface area contributed by atoms with E-state index in [1.54, 1.807) is 7.11 Å². The van der Waals surface area contributed by atoms with E-state index in [1.165, 1.54) is 0 Å². The smallest absolute Gasteiger partial charge is 0.319 e. The maximum Gasteiger partial charge on any atom is 0.319 e. The number of tetrazole rings is 1. The predicted octanol–water partition coefficient (Wildman–Crippen LogP) is 1.83. The molecule has 0 saturated heterocycles. The first kappa shape index (κ1) is 15.4. The van der Waals surface area contributed by atoms with Crippen LogP contribution in [-0.4, -0.2) is 46.5 Å². The van der Waals surface area contributed by atoms with Crippen LogP contribution in [0, 0.1) is 0 Å². The van der Waals surface area contributed by atoms with E-state index in [2.05, 4.69) is 26.2 Å². The molecule has 8 nitrogen and oxygen atoms in total. The second-order valence-corrected chi connectivity index (χ2v) is 5.48. The molecule has 1 aliphatic rings. The van der Waals surface area contributed by atoms with E-state index in [9.17, 15) is 4.79 Å². The molecule has 0 radical (unpaired) electrons. The summed E-state index contributed by atoms with van der Waals surface area (Å²) in [5.74, 6) is 0.767. The Balaban J connectivity index is 1.56. The number of amides is 2. The first-order valence-electron chi connectivity index (χ1n) is 7.70. The van der Waals surface area contributed by atoms with Gasteiger partial charge >= 0.3 is 6.03 Å². The lowest BCUT2D eigenvalue weighted by Crippen LogP contribution is -2.29. The zero-order valence-electron chi connectivity index (χ0n) is 13.0. The van der Waals surface area contributed by atoms with Crippen molar-refractivity contribution in [1.29, 1.82) is 0 Å². The van der Waals surface area contributed by atoms with Gasteiger partial charge in [0.1, 0.15) is 0 Å². The van der Waals surface area contributed by atoms with Gasteiger partial charge in [-0.2, -0.15) is 0 Å². The number of benzene rings is 1. The van der Waals surface area contributed by atoms with Crippen LogP contribution in [-0.2, 0) is 4.74 Å². The SMILES string of the molecule is COCCCNC(=O)Nc1ccc(-c2nnnn2C2CC2)cc1. The average molecular weight is 316 g/mol. The maximum atomic E-state index is 11.7. The van der Waals surface area contributed by atoms with Crippen LogP contribution in [0.2, 0.25) is 0 Å². The Kier molecular flexibility index (Phi) is 4.82. The molecule has 2 amide bonds. The molecular formula is C15H20N6O2. The van der Waals surface area contributed by atoms with Gasteiger partial charge in [0.25, 0.3) is 0 Å². The van der Waals surface area contributed by atoms with E-state index in [1.807, 2.05) is 28.9 Å². The monoisotopic (exact) mass is 316 g/mol. The number of anilines is 1. The van der Waals surface area contributed by atoms with Crippen molar-refractivity contribution in [3.05, 3.63) is 24.3 Å². The molecule has 23 heavy (non-hydrogen) atoms. The third-order valence-electron chi connectivity index (χ3n) is 3.60. The normalized spacial score (nSPS) is 13.8. The Morgan fingerprint density at radius 2 is 2.13 bits per heavy atom. The number of hydrogen-bond donors (Lipinski definition) is 2. The summed E-state index contributed by atoms with van der Waals surface area (Å²) < 4.78 is 6.80. The quantitative estimate of drug-likeness (QED) is 0.760. The molecule has 1 fully saturated rings. The second kappa shape index (κ2) is 7.19. The molecule has 122 valence electrons. The molecule has 0 atom stereocenters. The summed E-state index contributed by atoms with van der Waals surface area (Å²) in [4.78, 5) is 11.7. The molecule has 0 unspecified atom stereocenters. The summed E-state index contributed by atoms with van der Waals surface area (Å²) >= 11 is 0. The number of methoxy groups -OCH3 is 1. The minimum atomic E-state index is -0.225. The highest BCUT2D eigenvalue weighted by molar-refractivity contribution is 5.89. The fourth-order valence-electron chi connectivity index (χ4n) is 2.25. The summed E-state index contributed by atoms with van der Waals surface area (Å²) in [6.07, 6.45) is 3.04. The Morgan fingerprint density at radius 1 is 1.35 bits per heavy atom. The number of aromatic nitrogens is 4. The largest absolute Gasteiger partial charge is 0.385 e. The first-order chi connectivity index (χ1) is 11.3. The van der Waals surface area contributed by atoms with Gasteiger partial charge in [-0.05, 0) is 54.0 Å². The lowest BCUT2D eigenvalue weighted by Gasteiger charge is -2.08. The predicted molar refractivity (Wildman–Crippen MR) is 85.0 cm³/mol. The van der Waals surface area contributed by atoms with Gasteiger partial charge in [0.05, 0.1) is 6.04 Å². The number of carbonyl (C=O) groups is 1. The van der Waals surface area contributed by atoms with Crippen LogP contribution in [0.25, 0.3) is 11.4 Å². The van der Waals surface area contributed by atoms with Gasteiger partial charge in [-0.15, -0.1) is 5.10 Å². The van der Waals surface area contributed by atoms with Gasteiger partial charge in [-0.25, -0.2) is 9.48 Å². The number of rotatable bonds is 7. The summed E-state index contributed by atoms with van der Waals surface area (Å²) in [5.41, 5.74) is 1.66. The van der Waals surface area contributed by atoms with E-state index < -0.39 is 0 Å². The van der Waals surface area contributed by atoms with Gasteiger partial charge < -0.3 is 15.4 Å². The van der Waals surface area contributed by atoms with Crippen molar-refractivity contribution in [2.24, 2.45) is 0 Å². The molecule has 0 bridgehead atoms. The standard InChI is InChI=1S/C15H20N6O2/c1-23-10-2-9-16-15(22)17-12-5-3-11(4-6-12)14-18-19-20-21(14)13-7-8-13/h3-6,13H,2,7-10H2,1H3,(H2,16,17,22). The molecular weight excluding hydrogens is 296 g/mol. The van der Waals surface area contributed by atoms with Crippen LogP contribution in [0.3, 0.4) is 0 Å². The Labute approximate surface area is 134 Å². The molecule has 1 heterocycles. The highest BCUT2D eigenvalue weighted by Crippen LogP contribution is 2.36. The van der Waals surface area contributed by atoms with E-state index in [4.69, 9.17) is 4.74 Å². The van der Waals surface area contributed by atoms with Crippen molar-refractivity contribution < 1.29 is 9.53 Å². The Bertz CT molecular complexity index is 650. The molecule has 1 aromatic carbocycles. The maximum absolute atomic E-state index is 11.7. The summed E-state index contributed by atoms with van der Waals surface area (Å²) in [5, 5.41) is 17.4. The third kappa shape index (κ3) is 4.04. The second-order valence-electron chi connectivity index (χ2n) is 5.48. The van der Waals surface area contributed by atoms with Crippen LogP contribution < -0.4 is 10.6 Å². The minimum Gasteiger partial charge on any atom is -0.385 e. The van der Waals surface area contributed by atoms with E-state index in [0.29, 0.717) is 19.2 Å². The zero-order chi connectivity index (χ0) is 16.1. The van der Waals surface area contributed by atoms with Crippen LogP contribution >= 0.6 is 0 Å². The van der Waals surface area contributed by atoms with Crippen LogP contribution in [0.15, 0.2) is 24.3 Å². The zero-order valence-corrected chi connectivity index (χ0v) is 13.0. The van der Waals surface area contributed by atoms with Gasteiger partial charge in [-0.3, -0.25) is 0 Å². The Morgan fingerprint density at radius 3 is 2.83 bits per heavy atom. The topological polar surface area (TPSA) is 94.0 Å². The van der Waals surface area contributed by atoms with Crippen LogP contribution in [0.4, 0.5) is 10.5 Å². The lowest BCUT2D eigenvalue weighted by atomic mass is 10.2. The van der Waals surface area contributed by atoms with Gasteiger partial charge in [-0.1, -0.05) is 0 Å². The highest BCUT2D eigenvalue weighted by atomic mass is 16.5. The van der Waals surface area contributed by atoms with Crippen molar-refractivity contribution in [3.8, 4) is 11.4 Å². The van der Waals surface area contributed by atoms with Gasteiger partial charge in [0.15, 0.2) is 5.82 Å². The molecule has 3 rings (SSSR count). The molecule has 2 N–H and O–H groups in total. The number of carbonyl (C=O) groups excluding carboxylic acids is 1. The van der Waals surface area contributed by atoms with Gasteiger partial charge in [0, 0.05) is 31.5 Å². The summed E-state index contributed by atoms with van der Waals surface area (Å²) in [6, 6.07) is 7.70. The van der Waals surface area contributed by atoms with Crippen LogP contribution in [0.1, 0.15) is 25.3 Å². The fourth-order valence-corrected chi connectivity index (χ4v) is 2.25. The van der Waals surface area contributed by atoms with Crippen molar-refractivity contribution in [3.63, 3.8) is 0 Å². The molecule has 8 heteroatoms. The summed E-state index contributed by atoms with van der Waals surface area (Å²) in [6.45, 7) is 1.21. The fraction of sp³-hybridized carbons (Fsp3) is 0.467.